The maximum absolute atomic E-state index is 12.8. The smallest absolute Gasteiger partial charge is 0.475 e. The Labute approximate surface area is 219 Å². The average molecular weight is 573 g/mol. The van der Waals surface area contributed by atoms with Crippen LogP contribution >= 0.6 is 0 Å². The van der Waals surface area contributed by atoms with Crippen molar-refractivity contribution in [2.45, 2.75) is 45.6 Å². The summed E-state index contributed by atoms with van der Waals surface area (Å²) < 4.78 is 68.9. The summed E-state index contributed by atoms with van der Waals surface area (Å²) in [4.78, 5) is 50.9. The van der Waals surface area contributed by atoms with E-state index in [1.165, 1.54) is 5.56 Å². The summed E-state index contributed by atoms with van der Waals surface area (Å²) in [6.45, 7) is 7.51. The monoisotopic (exact) mass is 573 g/mol. The van der Waals surface area contributed by atoms with Crippen molar-refractivity contribution < 1.29 is 60.5 Å². The normalized spacial score (nSPS) is 21.2. The van der Waals surface area contributed by atoms with Gasteiger partial charge in [0.2, 0.25) is 5.91 Å². The van der Waals surface area contributed by atoms with Crippen LogP contribution in [-0.2, 0) is 30.5 Å². The summed E-state index contributed by atoms with van der Waals surface area (Å²) in [5.41, 5.74) is 0.623. The number of alkyl halides is 6. The molecule has 0 radical (unpaired) electrons. The lowest BCUT2D eigenvalue weighted by molar-refractivity contribution is -0.193. The molecular weight excluding hydrogens is 544 g/mol. The molecule has 2 N–H and O–H groups in total. The van der Waals surface area contributed by atoms with Crippen molar-refractivity contribution in [2.24, 2.45) is 11.3 Å². The SMILES string of the molecule is CCOC(=O)[C@]12CCCN(Cc3cccnc3)C[C@H]1CN(C(C)=O)C2.O=C(O)C(F)(F)F.O=C(O)C(F)(F)F. The number of hydrogen-bond acceptors (Lipinski definition) is 7. The van der Waals surface area contributed by atoms with Crippen LogP contribution in [0.5, 0.6) is 0 Å². The number of rotatable bonds is 4. The summed E-state index contributed by atoms with van der Waals surface area (Å²) in [7, 11) is 0. The Morgan fingerprint density at radius 3 is 2.08 bits per heavy atom. The molecule has 0 aliphatic carbocycles. The van der Waals surface area contributed by atoms with Crippen LogP contribution in [-0.4, -0.2) is 94.0 Å². The molecule has 1 amide bonds. The van der Waals surface area contributed by atoms with Crippen molar-refractivity contribution in [3.8, 4) is 0 Å². The minimum Gasteiger partial charge on any atom is -0.475 e. The number of esters is 1. The fourth-order valence-corrected chi connectivity index (χ4v) is 4.25. The highest BCUT2D eigenvalue weighted by Crippen LogP contribution is 2.44. The highest BCUT2D eigenvalue weighted by molar-refractivity contribution is 5.81. The Hall–Kier alpha value is -3.43. The van der Waals surface area contributed by atoms with E-state index in [-0.39, 0.29) is 17.8 Å². The topological polar surface area (TPSA) is 137 Å². The molecule has 1 aromatic heterocycles. The molecule has 0 spiro atoms. The van der Waals surface area contributed by atoms with Crippen molar-refractivity contribution in [3.05, 3.63) is 30.1 Å². The van der Waals surface area contributed by atoms with E-state index in [0.717, 1.165) is 32.5 Å². The first kappa shape index (κ1) is 33.6. The lowest BCUT2D eigenvalue weighted by Crippen LogP contribution is -2.42. The summed E-state index contributed by atoms with van der Waals surface area (Å²) in [6.07, 6.45) is -4.79. The first-order valence-corrected chi connectivity index (χ1v) is 11.6. The molecule has 2 aliphatic heterocycles. The number of ether oxygens (including phenoxy) is 1. The number of likely N-dealkylation sites (tertiary alicyclic amines) is 2. The Balaban J connectivity index is 0.000000449. The molecule has 10 nitrogen and oxygen atoms in total. The molecule has 2 aliphatic rings. The van der Waals surface area contributed by atoms with E-state index in [1.807, 2.05) is 24.1 Å². The minimum absolute atomic E-state index is 0.0376. The van der Waals surface area contributed by atoms with Crippen molar-refractivity contribution in [1.29, 1.82) is 0 Å². The number of pyridine rings is 1. The van der Waals surface area contributed by atoms with Gasteiger partial charge < -0.3 is 19.8 Å². The van der Waals surface area contributed by atoms with E-state index < -0.39 is 29.7 Å². The maximum atomic E-state index is 12.8. The number of carbonyl (C=O) groups is 4. The zero-order chi connectivity index (χ0) is 30.0. The predicted molar refractivity (Wildman–Crippen MR) is 121 cm³/mol. The second-order valence-corrected chi connectivity index (χ2v) is 8.78. The highest BCUT2D eigenvalue weighted by atomic mass is 19.4. The molecule has 2 atom stereocenters. The molecule has 0 unspecified atom stereocenters. The van der Waals surface area contributed by atoms with Crippen molar-refractivity contribution in [3.63, 3.8) is 0 Å². The Bertz CT molecular complexity index is 967. The van der Waals surface area contributed by atoms with Gasteiger partial charge in [-0.3, -0.25) is 19.5 Å². The molecule has 39 heavy (non-hydrogen) atoms. The molecule has 2 fully saturated rings. The van der Waals surface area contributed by atoms with Gasteiger partial charge in [-0.1, -0.05) is 6.07 Å². The van der Waals surface area contributed by atoms with Gasteiger partial charge in [0.1, 0.15) is 0 Å². The molecule has 0 saturated carbocycles. The Morgan fingerprint density at radius 2 is 1.64 bits per heavy atom. The van der Waals surface area contributed by atoms with Gasteiger partial charge in [0.05, 0.1) is 12.0 Å². The molecule has 16 heteroatoms. The lowest BCUT2D eigenvalue weighted by atomic mass is 9.75. The van der Waals surface area contributed by atoms with Gasteiger partial charge in [-0.05, 0) is 37.9 Å². The molecule has 3 heterocycles. The number of carboxylic acids is 2. The molecule has 0 bridgehead atoms. The Kier molecular flexibility index (Phi) is 12.1. The summed E-state index contributed by atoms with van der Waals surface area (Å²) in [5.74, 6) is -5.49. The van der Waals surface area contributed by atoms with E-state index in [0.29, 0.717) is 19.7 Å². The summed E-state index contributed by atoms with van der Waals surface area (Å²) >= 11 is 0. The molecule has 220 valence electrons. The van der Waals surface area contributed by atoms with Gasteiger partial charge in [-0.25, -0.2) is 9.59 Å². The largest absolute Gasteiger partial charge is 0.490 e. The molecule has 0 aromatic carbocycles. The van der Waals surface area contributed by atoms with Gasteiger partial charge in [0.15, 0.2) is 0 Å². The van der Waals surface area contributed by atoms with Gasteiger partial charge >= 0.3 is 30.3 Å². The fraction of sp³-hybridized carbons (Fsp3) is 0.609. The van der Waals surface area contributed by atoms with Gasteiger partial charge in [-0.2, -0.15) is 26.3 Å². The van der Waals surface area contributed by atoms with Crippen molar-refractivity contribution in [2.75, 3.05) is 32.8 Å². The van der Waals surface area contributed by atoms with E-state index in [4.69, 9.17) is 24.5 Å². The number of hydrogen-bond donors (Lipinski definition) is 2. The van der Waals surface area contributed by atoms with Crippen LogP contribution in [0.4, 0.5) is 26.3 Å². The third kappa shape index (κ3) is 10.3. The van der Waals surface area contributed by atoms with E-state index in [2.05, 4.69) is 16.0 Å². The fourth-order valence-electron chi connectivity index (χ4n) is 4.25. The number of amides is 1. The van der Waals surface area contributed by atoms with E-state index in [9.17, 15) is 35.9 Å². The van der Waals surface area contributed by atoms with Crippen LogP contribution in [0, 0.1) is 11.3 Å². The number of carboxylic acid groups (broad SMARTS) is 2. The molecule has 2 saturated heterocycles. The number of fused-ring (bicyclic) bond motifs is 1. The molecule has 3 rings (SSSR count). The number of carbonyl (C=O) groups excluding carboxylic acids is 2. The van der Waals surface area contributed by atoms with E-state index >= 15 is 0 Å². The van der Waals surface area contributed by atoms with Crippen LogP contribution in [0.1, 0.15) is 32.3 Å². The summed E-state index contributed by atoms with van der Waals surface area (Å²) in [6, 6.07) is 4.02. The average Bonchev–Trinajstić information content (AvgIpc) is 3.10. The third-order valence-corrected chi connectivity index (χ3v) is 6.01. The molecular formula is C23H29F6N3O7. The van der Waals surface area contributed by atoms with Gasteiger partial charge in [0, 0.05) is 51.4 Å². The maximum Gasteiger partial charge on any atom is 0.490 e. The second kappa shape index (κ2) is 14.1. The van der Waals surface area contributed by atoms with Gasteiger partial charge in [-0.15, -0.1) is 0 Å². The minimum atomic E-state index is -5.08. The standard InChI is InChI=1S/C19H27N3O3.2C2HF3O2/c1-3-25-18(24)19-7-5-9-21(11-16-6-4-8-20-10-16)12-17(19)13-22(14-19)15(2)23;2*3-2(4,5)1(6)7/h4,6,8,10,17H,3,5,7,9,11-14H2,1-2H3;2*(H,6,7)/t17-,19-;;/m0../s1. The van der Waals surface area contributed by atoms with Crippen LogP contribution in [0.25, 0.3) is 0 Å². The van der Waals surface area contributed by atoms with Crippen LogP contribution in [0.3, 0.4) is 0 Å². The highest BCUT2D eigenvalue weighted by Gasteiger charge is 2.54. The quantitative estimate of drug-likeness (QED) is 0.411. The van der Waals surface area contributed by atoms with Crippen molar-refractivity contribution in [1.82, 2.24) is 14.8 Å². The lowest BCUT2D eigenvalue weighted by Gasteiger charge is -2.31. The predicted octanol–water partition coefficient (Wildman–Crippen LogP) is 2.97. The second-order valence-electron chi connectivity index (χ2n) is 8.78. The number of halogens is 6. The van der Waals surface area contributed by atoms with Crippen LogP contribution < -0.4 is 0 Å². The first-order valence-electron chi connectivity index (χ1n) is 11.6. The zero-order valence-corrected chi connectivity index (χ0v) is 21.1. The summed E-state index contributed by atoms with van der Waals surface area (Å²) in [5, 5.41) is 14.2. The van der Waals surface area contributed by atoms with Gasteiger partial charge in [0.25, 0.3) is 0 Å². The number of nitrogens with zero attached hydrogens (tertiary/aromatic N) is 3. The van der Waals surface area contributed by atoms with E-state index in [1.54, 1.807) is 13.1 Å². The first-order chi connectivity index (χ1) is 17.9. The zero-order valence-electron chi connectivity index (χ0n) is 21.1. The number of aromatic nitrogens is 1. The van der Waals surface area contributed by atoms with Crippen LogP contribution in [0.2, 0.25) is 0 Å². The number of aliphatic carboxylic acids is 2. The van der Waals surface area contributed by atoms with Crippen molar-refractivity contribution >= 4 is 23.8 Å². The Morgan fingerprint density at radius 1 is 1.08 bits per heavy atom. The molecule has 1 aromatic rings. The third-order valence-electron chi connectivity index (χ3n) is 6.01. The van der Waals surface area contributed by atoms with Crippen LogP contribution in [0.15, 0.2) is 24.5 Å².